The Morgan fingerprint density at radius 1 is 1.03 bits per heavy atom. The van der Waals surface area contributed by atoms with Crippen LogP contribution in [-0.4, -0.2) is 38.1 Å². The molecule has 6 heteroatoms. The number of likely N-dealkylation sites (N-methyl/N-ethyl adjacent to an activating group) is 1. The average molecular weight is 413 g/mol. The van der Waals surface area contributed by atoms with E-state index < -0.39 is 0 Å². The first-order chi connectivity index (χ1) is 14.3. The number of hydrogen-bond donors (Lipinski definition) is 3. The standard InChI is InChI=1S/C24H33N3O3/c1-7-27(15-22(28)25-19-11-13-20(30-6)14-12-19)18(5)24(29)26-23-17(4)9-8-10-21(23)16(2)3/h8-14,16,18H,7,15H2,1-6H3,(H,25,28)(H,26,29)/p+1/t18-/m1/s1. The summed E-state index contributed by atoms with van der Waals surface area (Å²) >= 11 is 0. The summed E-state index contributed by atoms with van der Waals surface area (Å²) in [4.78, 5) is 26.4. The van der Waals surface area contributed by atoms with Gasteiger partial charge < -0.3 is 20.3 Å². The van der Waals surface area contributed by atoms with E-state index in [1.165, 1.54) is 0 Å². The van der Waals surface area contributed by atoms with Crippen LogP contribution in [0.15, 0.2) is 42.5 Å². The summed E-state index contributed by atoms with van der Waals surface area (Å²) in [6.07, 6.45) is 0. The van der Waals surface area contributed by atoms with E-state index in [-0.39, 0.29) is 24.4 Å². The number of quaternary nitrogens is 1. The maximum absolute atomic E-state index is 13.0. The molecule has 0 fully saturated rings. The van der Waals surface area contributed by atoms with Crippen molar-refractivity contribution in [2.45, 2.75) is 46.6 Å². The molecule has 30 heavy (non-hydrogen) atoms. The summed E-state index contributed by atoms with van der Waals surface area (Å²) in [5.74, 6) is 0.826. The monoisotopic (exact) mass is 412 g/mol. The van der Waals surface area contributed by atoms with Crippen molar-refractivity contribution in [1.29, 1.82) is 0 Å². The Bertz CT molecular complexity index is 862. The number of aryl methyl sites for hydroxylation is 1. The van der Waals surface area contributed by atoms with Crippen molar-refractivity contribution in [3.05, 3.63) is 53.6 Å². The molecule has 2 aromatic carbocycles. The van der Waals surface area contributed by atoms with Crippen LogP contribution in [0.4, 0.5) is 11.4 Å². The van der Waals surface area contributed by atoms with Crippen molar-refractivity contribution in [2.24, 2.45) is 0 Å². The molecule has 2 atom stereocenters. The van der Waals surface area contributed by atoms with E-state index in [4.69, 9.17) is 4.74 Å². The molecule has 3 N–H and O–H groups in total. The molecule has 0 saturated carbocycles. The van der Waals surface area contributed by atoms with Crippen LogP contribution in [0.2, 0.25) is 0 Å². The summed E-state index contributed by atoms with van der Waals surface area (Å²) < 4.78 is 5.13. The minimum Gasteiger partial charge on any atom is -0.497 e. The van der Waals surface area contributed by atoms with Crippen molar-refractivity contribution < 1.29 is 19.2 Å². The van der Waals surface area contributed by atoms with Crippen LogP contribution in [0.25, 0.3) is 0 Å². The lowest BCUT2D eigenvalue weighted by atomic mass is 9.98. The first kappa shape index (κ1) is 23.4. The molecule has 0 radical (unpaired) electrons. The van der Waals surface area contributed by atoms with Crippen molar-refractivity contribution in [3.63, 3.8) is 0 Å². The van der Waals surface area contributed by atoms with Gasteiger partial charge in [-0.2, -0.15) is 0 Å². The lowest BCUT2D eigenvalue weighted by molar-refractivity contribution is -0.904. The van der Waals surface area contributed by atoms with Gasteiger partial charge in [0.2, 0.25) is 0 Å². The minimum absolute atomic E-state index is 0.0831. The van der Waals surface area contributed by atoms with E-state index in [0.717, 1.165) is 27.5 Å². The number of carbonyl (C=O) groups excluding carboxylic acids is 2. The highest BCUT2D eigenvalue weighted by atomic mass is 16.5. The van der Waals surface area contributed by atoms with E-state index in [1.807, 2.05) is 39.0 Å². The van der Waals surface area contributed by atoms with Crippen molar-refractivity contribution in [1.82, 2.24) is 0 Å². The fraction of sp³-hybridized carbons (Fsp3) is 0.417. The predicted octanol–water partition coefficient (Wildman–Crippen LogP) is 3.00. The topological polar surface area (TPSA) is 71.9 Å². The highest BCUT2D eigenvalue weighted by Crippen LogP contribution is 2.27. The Hall–Kier alpha value is -2.86. The molecule has 0 spiro atoms. The van der Waals surface area contributed by atoms with Gasteiger partial charge in [0, 0.05) is 11.4 Å². The summed E-state index contributed by atoms with van der Waals surface area (Å²) in [5.41, 5.74) is 3.74. The van der Waals surface area contributed by atoms with Gasteiger partial charge in [0.05, 0.1) is 13.7 Å². The number of ether oxygens (including phenoxy) is 1. The normalized spacial score (nSPS) is 12.9. The number of benzene rings is 2. The molecule has 2 aromatic rings. The quantitative estimate of drug-likeness (QED) is 0.593. The number of carbonyl (C=O) groups is 2. The maximum Gasteiger partial charge on any atom is 0.282 e. The molecule has 0 aliphatic carbocycles. The van der Waals surface area contributed by atoms with E-state index >= 15 is 0 Å². The molecule has 2 rings (SSSR count). The summed E-state index contributed by atoms with van der Waals surface area (Å²) in [6, 6.07) is 12.9. The number of para-hydroxylation sites is 1. The molecule has 0 aliphatic heterocycles. The van der Waals surface area contributed by atoms with Gasteiger partial charge in [-0.3, -0.25) is 9.59 Å². The Morgan fingerprint density at radius 2 is 1.70 bits per heavy atom. The summed E-state index contributed by atoms with van der Waals surface area (Å²) in [7, 11) is 1.60. The molecule has 0 saturated heterocycles. The minimum atomic E-state index is -0.365. The van der Waals surface area contributed by atoms with Gasteiger partial charge in [0.15, 0.2) is 12.6 Å². The molecule has 0 bridgehead atoms. The second kappa shape index (κ2) is 10.8. The van der Waals surface area contributed by atoms with E-state index in [0.29, 0.717) is 18.2 Å². The van der Waals surface area contributed by atoms with E-state index in [2.05, 4.69) is 24.5 Å². The number of methoxy groups -OCH3 is 1. The van der Waals surface area contributed by atoms with Crippen molar-refractivity contribution >= 4 is 23.2 Å². The summed E-state index contributed by atoms with van der Waals surface area (Å²) in [6.45, 7) is 10.9. The number of nitrogens with one attached hydrogen (secondary N) is 3. The Morgan fingerprint density at radius 3 is 2.27 bits per heavy atom. The van der Waals surface area contributed by atoms with Crippen LogP contribution in [0.1, 0.15) is 44.7 Å². The summed E-state index contributed by atoms with van der Waals surface area (Å²) in [5, 5.41) is 5.99. The molecular weight excluding hydrogens is 378 g/mol. The second-order valence-electron chi connectivity index (χ2n) is 7.87. The van der Waals surface area contributed by atoms with E-state index in [1.54, 1.807) is 31.4 Å². The highest BCUT2D eigenvalue weighted by molar-refractivity contribution is 5.96. The van der Waals surface area contributed by atoms with Gasteiger partial charge in [0.1, 0.15) is 5.75 Å². The molecule has 162 valence electrons. The third kappa shape index (κ3) is 6.07. The van der Waals surface area contributed by atoms with Gasteiger partial charge in [0.25, 0.3) is 11.8 Å². The predicted molar refractivity (Wildman–Crippen MR) is 121 cm³/mol. The van der Waals surface area contributed by atoms with Crippen molar-refractivity contribution in [2.75, 3.05) is 30.8 Å². The average Bonchev–Trinajstić information content (AvgIpc) is 2.73. The third-order valence-corrected chi connectivity index (χ3v) is 5.40. The first-order valence-corrected chi connectivity index (χ1v) is 10.5. The maximum atomic E-state index is 13.0. The van der Waals surface area contributed by atoms with Crippen LogP contribution in [-0.2, 0) is 9.59 Å². The van der Waals surface area contributed by atoms with Gasteiger partial charge >= 0.3 is 0 Å². The molecule has 0 aliphatic rings. The zero-order chi connectivity index (χ0) is 22.3. The Balaban J connectivity index is 2.03. The lowest BCUT2D eigenvalue weighted by Crippen LogP contribution is -3.17. The van der Waals surface area contributed by atoms with Gasteiger partial charge in [-0.1, -0.05) is 32.0 Å². The van der Waals surface area contributed by atoms with Crippen LogP contribution >= 0.6 is 0 Å². The first-order valence-electron chi connectivity index (χ1n) is 10.5. The van der Waals surface area contributed by atoms with Crippen LogP contribution in [0.5, 0.6) is 5.75 Å². The second-order valence-corrected chi connectivity index (χ2v) is 7.87. The van der Waals surface area contributed by atoms with Crippen LogP contribution < -0.4 is 20.3 Å². The lowest BCUT2D eigenvalue weighted by Gasteiger charge is -2.25. The third-order valence-electron chi connectivity index (χ3n) is 5.40. The Kier molecular flexibility index (Phi) is 8.42. The van der Waals surface area contributed by atoms with Crippen molar-refractivity contribution in [3.8, 4) is 5.75 Å². The molecular formula is C24H34N3O3+. The van der Waals surface area contributed by atoms with Crippen LogP contribution in [0, 0.1) is 6.92 Å². The number of amides is 2. The van der Waals surface area contributed by atoms with Gasteiger partial charge in [-0.15, -0.1) is 0 Å². The molecule has 2 amide bonds. The molecule has 1 unspecified atom stereocenters. The SMILES string of the molecule is CC[NH+](CC(=O)Nc1ccc(OC)cc1)[C@H](C)C(=O)Nc1c(C)cccc1C(C)C. The van der Waals surface area contributed by atoms with Gasteiger partial charge in [-0.05, 0) is 62.1 Å². The number of hydrogen-bond acceptors (Lipinski definition) is 3. The molecule has 0 heterocycles. The van der Waals surface area contributed by atoms with Gasteiger partial charge in [-0.25, -0.2) is 0 Å². The van der Waals surface area contributed by atoms with E-state index in [9.17, 15) is 9.59 Å². The smallest absolute Gasteiger partial charge is 0.282 e. The molecule has 0 aromatic heterocycles. The largest absolute Gasteiger partial charge is 0.497 e. The Labute approximate surface area is 179 Å². The number of anilines is 2. The highest BCUT2D eigenvalue weighted by Gasteiger charge is 2.27. The molecule has 6 nitrogen and oxygen atoms in total. The van der Waals surface area contributed by atoms with Crippen LogP contribution in [0.3, 0.4) is 0 Å². The zero-order valence-corrected chi connectivity index (χ0v) is 18.8. The fourth-order valence-corrected chi connectivity index (χ4v) is 3.43. The zero-order valence-electron chi connectivity index (χ0n) is 18.8. The number of rotatable bonds is 9. The fourth-order valence-electron chi connectivity index (χ4n) is 3.43.